The summed E-state index contributed by atoms with van der Waals surface area (Å²) in [7, 11) is 1.67. The Balaban J connectivity index is 2.50. The van der Waals surface area contributed by atoms with Gasteiger partial charge in [0.05, 0.1) is 12.6 Å². The van der Waals surface area contributed by atoms with Gasteiger partial charge < -0.3 is 16.0 Å². The third-order valence-corrected chi connectivity index (χ3v) is 2.95. The minimum absolute atomic E-state index is 0.0435. The highest BCUT2D eigenvalue weighted by Crippen LogP contribution is 2.10. The van der Waals surface area contributed by atoms with E-state index in [-0.39, 0.29) is 24.3 Å². The van der Waals surface area contributed by atoms with Gasteiger partial charge >= 0.3 is 0 Å². The number of hydrogen-bond donors (Lipinski definition) is 2. The summed E-state index contributed by atoms with van der Waals surface area (Å²) in [5, 5.41) is 2.56. The van der Waals surface area contributed by atoms with Crippen molar-refractivity contribution in [1.29, 1.82) is 0 Å². The van der Waals surface area contributed by atoms with Gasteiger partial charge in [-0.2, -0.15) is 0 Å². The van der Waals surface area contributed by atoms with E-state index in [0.717, 1.165) is 5.69 Å². The lowest BCUT2D eigenvalue weighted by Gasteiger charge is -2.19. The quantitative estimate of drug-likeness (QED) is 0.823. The van der Waals surface area contributed by atoms with Gasteiger partial charge in [0.1, 0.15) is 0 Å². The summed E-state index contributed by atoms with van der Waals surface area (Å²) in [6, 6.07) is 8.66. The van der Waals surface area contributed by atoms with Crippen molar-refractivity contribution in [3.05, 3.63) is 30.3 Å². The van der Waals surface area contributed by atoms with Crippen LogP contribution in [0.1, 0.15) is 13.8 Å². The molecule has 104 valence electrons. The first kappa shape index (κ1) is 15.2. The molecule has 0 saturated carbocycles. The molecule has 3 N–H and O–H groups in total. The number of rotatable bonds is 5. The third-order valence-electron chi connectivity index (χ3n) is 2.95. The van der Waals surface area contributed by atoms with Gasteiger partial charge in [0, 0.05) is 12.7 Å². The van der Waals surface area contributed by atoms with Crippen LogP contribution in [0.2, 0.25) is 0 Å². The molecule has 5 heteroatoms. The van der Waals surface area contributed by atoms with E-state index in [4.69, 9.17) is 5.73 Å². The Labute approximate surface area is 113 Å². The summed E-state index contributed by atoms with van der Waals surface area (Å²) in [5.41, 5.74) is 6.48. The van der Waals surface area contributed by atoms with E-state index in [1.54, 1.807) is 7.05 Å². The highest BCUT2D eigenvalue weighted by molar-refractivity contribution is 5.96. The van der Waals surface area contributed by atoms with Crippen LogP contribution < -0.4 is 16.0 Å². The molecule has 0 spiro atoms. The van der Waals surface area contributed by atoms with Gasteiger partial charge in [-0.05, 0) is 18.1 Å². The zero-order valence-corrected chi connectivity index (χ0v) is 11.6. The van der Waals surface area contributed by atoms with Gasteiger partial charge in [-0.25, -0.2) is 0 Å². The Morgan fingerprint density at radius 3 is 2.37 bits per heavy atom. The second kappa shape index (κ2) is 6.89. The maximum absolute atomic E-state index is 11.9. The standard InChI is InChI=1S/C14H21N3O2/c1-10(2)13(15)14(19)16-9-12(18)17(3)11-7-5-4-6-8-11/h4-8,10,13H,9,15H2,1-3H3,(H,16,19)/t13-/m0/s1. The van der Waals surface area contributed by atoms with E-state index < -0.39 is 6.04 Å². The average Bonchev–Trinajstić information content (AvgIpc) is 2.43. The number of benzene rings is 1. The van der Waals surface area contributed by atoms with Gasteiger partial charge in [0.2, 0.25) is 11.8 Å². The molecule has 0 aliphatic rings. The van der Waals surface area contributed by atoms with Crippen LogP contribution in [-0.4, -0.2) is 31.4 Å². The van der Waals surface area contributed by atoms with Crippen LogP contribution in [0.4, 0.5) is 5.69 Å². The van der Waals surface area contributed by atoms with Crippen LogP contribution in [0.15, 0.2) is 30.3 Å². The number of nitrogens with zero attached hydrogens (tertiary/aromatic N) is 1. The van der Waals surface area contributed by atoms with Crippen LogP contribution >= 0.6 is 0 Å². The molecular formula is C14H21N3O2. The molecule has 1 aromatic rings. The zero-order valence-electron chi connectivity index (χ0n) is 11.6. The van der Waals surface area contributed by atoms with Crippen LogP contribution in [0.3, 0.4) is 0 Å². The van der Waals surface area contributed by atoms with Crippen molar-refractivity contribution in [2.45, 2.75) is 19.9 Å². The van der Waals surface area contributed by atoms with Gasteiger partial charge in [0.25, 0.3) is 0 Å². The van der Waals surface area contributed by atoms with Gasteiger partial charge in [-0.15, -0.1) is 0 Å². The molecule has 1 rings (SSSR count). The fourth-order valence-corrected chi connectivity index (χ4v) is 1.50. The predicted molar refractivity (Wildman–Crippen MR) is 75.7 cm³/mol. The summed E-state index contributed by atoms with van der Waals surface area (Å²) >= 11 is 0. The topological polar surface area (TPSA) is 75.4 Å². The molecule has 1 aromatic carbocycles. The lowest BCUT2D eigenvalue weighted by molar-refractivity contribution is -0.126. The van der Waals surface area contributed by atoms with Crippen molar-refractivity contribution in [3.63, 3.8) is 0 Å². The highest BCUT2D eigenvalue weighted by Gasteiger charge is 2.18. The number of carbonyl (C=O) groups is 2. The second-order valence-corrected chi connectivity index (χ2v) is 4.78. The molecule has 0 bridgehead atoms. The monoisotopic (exact) mass is 263 g/mol. The van der Waals surface area contributed by atoms with Crippen molar-refractivity contribution < 1.29 is 9.59 Å². The number of nitrogens with two attached hydrogens (primary N) is 1. The van der Waals surface area contributed by atoms with E-state index in [0.29, 0.717) is 0 Å². The first-order valence-electron chi connectivity index (χ1n) is 6.28. The zero-order chi connectivity index (χ0) is 14.4. The Bertz CT molecular complexity index is 432. The van der Waals surface area contributed by atoms with Crippen LogP contribution in [0, 0.1) is 5.92 Å². The molecule has 0 aliphatic carbocycles. The Morgan fingerprint density at radius 2 is 1.84 bits per heavy atom. The summed E-state index contributed by atoms with van der Waals surface area (Å²) in [6.07, 6.45) is 0. The van der Waals surface area contributed by atoms with E-state index >= 15 is 0 Å². The highest BCUT2D eigenvalue weighted by atomic mass is 16.2. The maximum Gasteiger partial charge on any atom is 0.246 e. The van der Waals surface area contributed by atoms with Crippen molar-refractivity contribution in [2.75, 3.05) is 18.5 Å². The lowest BCUT2D eigenvalue weighted by Crippen LogP contribution is -2.47. The van der Waals surface area contributed by atoms with Gasteiger partial charge in [0.15, 0.2) is 0 Å². The first-order valence-corrected chi connectivity index (χ1v) is 6.28. The molecule has 2 amide bonds. The number of carbonyl (C=O) groups excluding carboxylic acids is 2. The van der Waals surface area contributed by atoms with Crippen LogP contribution in [0.5, 0.6) is 0 Å². The normalized spacial score (nSPS) is 12.1. The lowest BCUT2D eigenvalue weighted by atomic mass is 10.1. The summed E-state index contributed by atoms with van der Waals surface area (Å²) in [5.74, 6) is -0.442. The fraction of sp³-hybridized carbons (Fsp3) is 0.429. The molecular weight excluding hydrogens is 242 g/mol. The largest absolute Gasteiger partial charge is 0.346 e. The number of nitrogens with one attached hydrogen (secondary N) is 1. The number of amides is 2. The fourth-order valence-electron chi connectivity index (χ4n) is 1.50. The van der Waals surface area contributed by atoms with Crippen LogP contribution in [-0.2, 0) is 9.59 Å². The summed E-state index contributed by atoms with van der Waals surface area (Å²) in [6.45, 7) is 3.68. The van der Waals surface area contributed by atoms with Crippen molar-refractivity contribution in [3.8, 4) is 0 Å². The second-order valence-electron chi connectivity index (χ2n) is 4.78. The minimum Gasteiger partial charge on any atom is -0.346 e. The molecule has 0 fully saturated rings. The predicted octanol–water partition coefficient (Wildman–Crippen LogP) is 0.749. The minimum atomic E-state index is -0.588. The molecule has 19 heavy (non-hydrogen) atoms. The van der Waals surface area contributed by atoms with Crippen molar-refractivity contribution in [2.24, 2.45) is 11.7 Å². The SMILES string of the molecule is CC(C)[C@H](N)C(=O)NCC(=O)N(C)c1ccccc1. The van der Waals surface area contributed by atoms with E-state index in [9.17, 15) is 9.59 Å². The smallest absolute Gasteiger partial charge is 0.246 e. The van der Waals surface area contributed by atoms with E-state index in [1.807, 2.05) is 44.2 Å². The van der Waals surface area contributed by atoms with Crippen molar-refractivity contribution in [1.82, 2.24) is 5.32 Å². The molecule has 0 aliphatic heterocycles. The number of anilines is 1. The first-order chi connectivity index (χ1) is 8.93. The van der Waals surface area contributed by atoms with Gasteiger partial charge in [-0.1, -0.05) is 32.0 Å². The van der Waals surface area contributed by atoms with E-state index in [2.05, 4.69) is 5.32 Å². The maximum atomic E-state index is 11.9. The summed E-state index contributed by atoms with van der Waals surface area (Å²) in [4.78, 5) is 25.1. The molecule has 0 saturated heterocycles. The van der Waals surface area contributed by atoms with Crippen molar-refractivity contribution >= 4 is 17.5 Å². The molecule has 1 atom stereocenters. The average molecular weight is 263 g/mol. The van der Waals surface area contributed by atoms with Crippen LogP contribution in [0.25, 0.3) is 0 Å². The number of para-hydroxylation sites is 1. The Morgan fingerprint density at radius 1 is 1.26 bits per heavy atom. The third kappa shape index (κ3) is 4.37. The molecule has 0 aromatic heterocycles. The Kier molecular flexibility index (Phi) is 5.51. The van der Waals surface area contributed by atoms with E-state index in [1.165, 1.54) is 4.90 Å². The molecule has 0 heterocycles. The number of likely N-dealkylation sites (N-methyl/N-ethyl adjacent to an activating group) is 1. The Hall–Kier alpha value is -1.88. The molecule has 0 radical (unpaired) electrons. The molecule has 0 unspecified atom stereocenters. The number of hydrogen-bond acceptors (Lipinski definition) is 3. The summed E-state index contributed by atoms with van der Waals surface area (Å²) < 4.78 is 0. The van der Waals surface area contributed by atoms with Gasteiger partial charge in [-0.3, -0.25) is 9.59 Å². The molecule has 5 nitrogen and oxygen atoms in total.